The van der Waals surface area contributed by atoms with Crippen LogP contribution in [-0.2, 0) is 11.8 Å². The molecule has 1 amide bonds. The van der Waals surface area contributed by atoms with Gasteiger partial charge in [-0.3, -0.25) is 9.48 Å². The highest BCUT2D eigenvalue weighted by Gasteiger charge is 2.24. The fraction of sp³-hybridized carbons (Fsp3) is 0.500. The highest BCUT2D eigenvalue weighted by atomic mass is 16.2. The second kappa shape index (κ2) is 4.51. The van der Waals surface area contributed by atoms with Gasteiger partial charge < -0.3 is 4.90 Å². The van der Waals surface area contributed by atoms with Gasteiger partial charge in [0.2, 0.25) is 5.91 Å². The van der Waals surface area contributed by atoms with Gasteiger partial charge >= 0.3 is 0 Å². The van der Waals surface area contributed by atoms with Crippen molar-refractivity contribution in [2.75, 3.05) is 13.1 Å². The van der Waals surface area contributed by atoms with Crippen LogP contribution in [0.25, 0.3) is 0 Å². The number of carbonyl (C=O) groups is 1. The van der Waals surface area contributed by atoms with Crippen LogP contribution in [-0.4, -0.2) is 33.7 Å². The van der Waals surface area contributed by atoms with E-state index in [9.17, 15) is 4.79 Å². The summed E-state index contributed by atoms with van der Waals surface area (Å²) in [5.74, 6) is 0.458. The average molecular weight is 219 g/mol. The smallest absolute Gasteiger partial charge is 0.245 e. The number of aryl methyl sites for hydroxylation is 1. The minimum Gasteiger partial charge on any atom is -0.339 e. The molecule has 0 radical (unpaired) electrons. The molecule has 1 aromatic rings. The summed E-state index contributed by atoms with van der Waals surface area (Å²) in [4.78, 5) is 13.4. The lowest BCUT2D eigenvalue weighted by molar-refractivity contribution is -0.127. The predicted octanol–water partition coefficient (Wildman–Crippen LogP) is 1.31. The fourth-order valence-corrected chi connectivity index (χ4v) is 2.23. The van der Waals surface area contributed by atoms with Crippen molar-refractivity contribution in [1.82, 2.24) is 14.7 Å². The third kappa shape index (κ3) is 2.15. The second-order valence-corrected chi connectivity index (χ2v) is 4.27. The third-order valence-electron chi connectivity index (χ3n) is 3.10. The largest absolute Gasteiger partial charge is 0.339 e. The first-order valence-corrected chi connectivity index (χ1v) is 5.60. The van der Waals surface area contributed by atoms with Crippen LogP contribution < -0.4 is 0 Å². The van der Waals surface area contributed by atoms with Gasteiger partial charge in [0, 0.05) is 32.3 Å². The first-order valence-electron chi connectivity index (χ1n) is 5.60. The Morgan fingerprint density at radius 2 is 2.50 bits per heavy atom. The molecule has 4 nitrogen and oxygen atoms in total. The van der Waals surface area contributed by atoms with E-state index in [1.54, 1.807) is 0 Å². The number of piperidine rings is 1. The summed E-state index contributed by atoms with van der Waals surface area (Å²) in [5, 5.41) is 4.17. The topological polar surface area (TPSA) is 38.1 Å². The summed E-state index contributed by atoms with van der Waals surface area (Å²) in [5.41, 5.74) is 1.23. The summed E-state index contributed by atoms with van der Waals surface area (Å²) in [7, 11) is 1.92. The molecule has 1 aliphatic rings. The molecule has 1 aliphatic heterocycles. The Bertz CT molecular complexity index is 397. The first-order chi connectivity index (χ1) is 7.70. The third-order valence-corrected chi connectivity index (χ3v) is 3.10. The van der Waals surface area contributed by atoms with Gasteiger partial charge in [0.1, 0.15) is 0 Å². The summed E-state index contributed by atoms with van der Waals surface area (Å²) >= 11 is 0. The maximum absolute atomic E-state index is 11.5. The molecule has 1 aromatic heterocycles. The molecule has 0 bridgehead atoms. The molecule has 1 atom stereocenters. The number of nitrogens with zero attached hydrogens (tertiary/aromatic N) is 3. The number of carbonyl (C=O) groups excluding carboxylic acids is 1. The summed E-state index contributed by atoms with van der Waals surface area (Å²) < 4.78 is 1.81. The van der Waals surface area contributed by atoms with Crippen molar-refractivity contribution >= 4 is 5.91 Å². The Morgan fingerprint density at radius 1 is 1.69 bits per heavy atom. The van der Waals surface area contributed by atoms with E-state index < -0.39 is 0 Å². The molecule has 0 saturated carbocycles. The Balaban J connectivity index is 2.07. The SMILES string of the molecule is C=CC(=O)N1CCC[C@@H](c2cnn(C)c2)C1. The van der Waals surface area contributed by atoms with Crippen LogP contribution in [0.4, 0.5) is 0 Å². The minimum atomic E-state index is 0.0357. The zero-order valence-corrected chi connectivity index (χ0v) is 9.59. The summed E-state index contributed by atoms with van der Waals surface area (Å²) in [6.45, 7) is 5.17. The normalized spacial score (nSPS) is 20.8. The number of aromatic nitrogens is 2. The van der Waals surface area contributed by atoms with Gasteiger partial charge in [-0.25, -0.2) is 0 Å². The number of amides is 1. The van der Waals surface area contributed by atoms with E-state index in [4.69, 9.17) is 0 Å². The zero-order chi connectivity index (χ0) is 11.5. The highest BCUT2D eigenvalue weighted by molar-refractivity contribution is 5.87. The lowest BCUT2D eigenvalue weighted by Gasteiger charge is -2.31. The van der Waals surface area contributed by atoms with Crippen molar-refractivity contribution < 1.29 is 4.79 Å². The van der Waals surface area contributed by atoms with Crippen molar-refractivity contribution in [3.05, 3.63) is 30.6 Å². The van der Waals surface area contributed by atoms with E-state index in [2.05, 4.69) is 11.7 Å². The standard InChI is InChI=1S/C12H17N3O/c1-3-12(16)15-6-4-5-10(9-15)11-7-13-14(2)8-11/h3,7-8,10H,1,4-6,9H2,2H3/t10-/m1/s1. The number of likely N-dealkylation sites (tertiary alicyclic amines) is 1. The van der Waals surface area contributed by atoms with Gasteiger partial charge in [-0.2, -0.15) is 5.10 Å². The minimum absolute atomic E-state index is 0.0357. The first kappa shape index (κ1) is 10.9. The van der Waals surface area contributed by atoms with Gasteiger partial charge in [-0.15, -0.1) is 0 Å². The van der Waals surface area contributed by atoms with E-state index in [1.165, 1.54) is 11.6 Å². The zero-order valence-electron chi connectivity index (χ0n) is 9.59. The molecule has 1 saturated heterocycles. The Hall–Kier alpha value is -1.58. The molecule has 16 heavy (non-hydrogen) atoms. The Morgan fingerprint density at radius 3 is 3.12 bits per heavy atom. The second-order valence-electron chi connectivity index (χ2n) is 4.27. The van der Waals surface area contributed by atoms with Crippen LogP contribution in [0.3, 0.4) is 0 Å². The molecule has 4 heteroatoms. The molecular formula is C12H17N3O. The van der Waals surface area contributed by atoms with Gasteiger partial charge in [0.05, 0.1) is 6.20 Å². The molecule has 0 unspecified atom stereocenters. The molecule has 0 aromatic carbocycles. The molecule has 2 heterocycles. The molecular weight excluding hydrogens is 202 g/mol. The van der Waals surface area contributed by atoms with Crippen molar-refractivity contribution in [2.45, 2.75) is 18.8 Å². The Labute approximate surface area is 95.5 Å². The average Bonchev–Trinajstić information content (AvgIpc) is 2.75. The maximum atomic E-state index is 11.5. The lowest BCUT2D eigenvalue weighted by Crippen LogP contribution is -2.37. The van der Waals surface area contributed by atoms with E-state index >= 15 is 0 Å². The van der Waals surface area contributed by atoms with Crippen LogP contribution in [0.1, 0.15) is 24.3 Å². The number of hydrogen-bond acceptors (Lipinski definition) is 2. The molecule has 0 aliphatic carbocycles. The number of hydrogen-bond donors (Lipinski definition) is 0. The van der Waals surface area contributed by atoms with Gasteiger partial charge in [-0.05, 0) is 24.5 Å². The van der Waals surface area contributed by atoms with E-state index in [0.29, 0.717) is 5.92 Å². The predicted molar refractivity (Wildman–Crippen MR) is 62.0 cm³/mol. The maximum Gasteiger partial charge on any atom is 0.245 e. The van der Waals surface area contributed by atoms with E-state index in [0.717, 1.165) is 25.9 Å². The van der Waals surface area contributed by atoms with Crippen LogP contribution >= 0.6 is 0 Å². The summed E-state index contributed by atoms with van der Waals surface area (Å²) in [6, 6.07) is 0. The van der Waals surface area contributed by atoms with Crippen molar-refractivity contribution in [1.29, 1.82) is 0 Å². The monoisotopic (exact) mass is 219 g/mol. The van der Waals surface area contributed by atoms with Gasteiger partial charge in [0.25, 0.3) is 0 Å². The fourth-order valence-electron chi connectivity index (χ4n) is 2.23. The van der Waals surface area contributed by atoms with Gasteiger partial charge in [0.15, 0.2) is 0 Å². The molecule has 86 valence electrons. The lowest BCUT2D eigenvalue weighted by atomic mass is 9.93. The number of rotatable bonds is 2. The van der Waals surface area contributed by atoms with Crippen molar-refractivity contribution in [2.24, 2.45) is 7.05 Å². The van der Waals surface area contributed by atoms with Crippen LogP contribution in [0.5, 0.6) is 0 Å². The van der Waals surface area contributed by atoms with E-state index in [-0.39, 0.29) is 5.91 Å². The summed E-state index contributed by atoms with van der Waals surface area (Å²) in [6.07, 6.45) is 7.51. The van der Waals surface area contributed by atoms with Crippen molar-refractivity contribution in [3.8, 4) is 0 Å². The van der Waals surface area contributed by atoms with Gasteiger partial charge in [-0.1, -0.05) is 6.58 Å². The quantitative estimate of drug-likeness (QED) is 0.703. The molecule has 1 fully saturated rings. The van der Waals surface area contributed by atoms with Crippen LogP contribution in [0, 0.1) is 0 Å². The van der Waals surface area contributed by atoms with Crippen molar-refractivity contribution in [3.63, 3.8) is 0 Å². The highest BCUT2D eigenvalue weighted by Crippen LogP contribution is 2.26. The van der Waals surface area contributed by atoms with Crippen LogP contribution in [0.2, 0.25) is 0 Å². The van der Waals surface area contributed by atoms with E-state index in [1.807, 2.05) is 29.0 Å². The Kier molecular flexibility index (Phi) is 3.08. The molecule has 2 rings (SSSR count). The molecule has 0 spiro atoms. The van der Waals surface area contributed by atoms with Crippen LogP contribution in [0.15, 0.2) is 25.0 Å². The molecule has 0 N–H and O–H groups in total.